The second kappa shape index (κ2) is 8.37. The number of fused-ring (bicyclic) bond motifs is 2. The molecule has 0 saturated carbocycles. The Morgan fingerprint density at radius 1 is 1.19 bits per heavy atom. The Morgan fingerprint density at radius 2 is 1.97 bits per heavy atom. The maximum absolute atomic E-state index is 13.6. The largest absolute Gasteiger partial charge is 0.399 e. The average molecular weight is 450 g/mol. The molecule has 8 heteroatoms. The maximum Gasteiger partial charge on any atom is 0.253 e. The number of hydrogen-bond donors (Lipinski definition) is 2. The molecule has 3 N–H and O–H groups in total. The number of hydrogen-bond acceptors (Lipinski definition) is 6. The molecule has 164 valence electrons. The van der Waals surface area contributed by atoms with Crippen molar-refractivity contribution < 1.29 is 19.1 Å². The molecule has 0 aliphatic carbocycles. The van der Waals surface area contributed by atoms with Gasteiger partial charge in [0, 0.05) is 34.1 Å². The fraction of sp³-hybridized carbons (Fsp3) is 0.292. The van der Waals surface area contributed by atoms with Gasteiger partial charge in [0.1, 0.15) is 18.7 Å². The first-order chi connectivity index (χ1) is 15.5. The van der Waals surface area contributed by atoms with E-state index in [1.807, 2.05) is 41.8 Å². The van der Waals surface area contributed by atoms with E-state index < -0.39 is 12.1 Å². The van der Waals surface area contributed by atoms with Crippen molar-refractivity contribution in [3.63, 3.8) is 0 Å². The number of Topliss-reactive ketones (excluding diaryl/α,β-unsaturated/α-hetero) is 1. The summed E-state index contributed by atoms with van der Waals surface area (Å²) in [6, 6.07) is 13.5. The zero-order valence-corrected chi connectivity index (χ0v) is 18.1. The molecule has 2 aliphatic rings. The monoisotopic (exact) mass is 449 g/mol. The number of thiophene rings is 1. The third-order valence-electron chi connectivity index (χ3n) is 6.14. The van der Waals surface area contributed by atoms with E-state index in [0.717, 1.165) is 15.6 Å². The Balaban J connectivity index is 1.42. The molecule has 7 nitrogen and oxygen atoms in total. The highest BCUT2D eigenvalue weighted by atomic mass is 32.1. The average Bonchev–Trinajstić information content (AvgIpc) is 3.50. The van der Waals surface area contributed by atoms with E-state index in [9.17, 15) is 14.4 Å². The van der Waals surface area contributed by atoms with Crippen LogP contribution in [0.15, 0.2) is 53.9 Å². The van der Waals surface area contributed by atoms with Gasteiger partial charge in [0.25, 0.3) is 5.91 Å². The number of ketones is 1. The smallest absolute Gasteiger partial charge is 0.253 e. The number of amides is 2. The maximum atomic E-state index is 13.6. The number of carbonyl (C=O) groups is 3. The van der Waals surface area contributed by atoms with Crippen molar-refractivity contribution in [2.24, 2.45) is 0 Å². The molecule has 0 radical (unpaired) electrons. The van der Waals surface area contributed by atoms with Crippen LogP contribution in [0.25, 0.3) is 10.1 Å². The van der Waals surface area contributed by atoms with Crippen LogP contribution < -0.4 is 11.1 Å². The van der Waals surface area contributed by atoms with Gasteiger partial charge in [-0.2, -0.15) is 0 Å². The fourth-order valence-electron chi connectivity index (χ4n) is 4.52. The molecule has 0 bridgehead atoms. The minimum atomic E-state index is -0.808. The molecule has 3 heterocycles. The third-order valence-corrected chi connectivity index (χ3v) is 7.11. The van der Waals surface area contributed by atoms with Crippen molar-refractivity contribution in [2.75, 3.05) is 18.9 Å². The summed E-state index contributed by atoms with van der Waals surface area (Å²) in [7, 11) is 0. The van der Waals surface area contributed by atoms with E-state index in [2.05, 4.69) is 5.32 Å². The van der Waals surface area contributed by atoms with Crippen LogP contribution in [-0.2, 0) is 20.7 Å². The third kappa shape index (κ3) is 3.76. The second-order valence-corrected chi connectivity index (χ2v) is 9.11. The van der Waals surface area contributed by atoms with Crippen LogP contribution in [0, 0.1) is 0 Å². The zero-order valence-electron chi connectivity index (χ0n) is 17.3. The number of carbonyl (C=O) groups excluding carboxylic acids is 3. The molecule has 1 aromatic heterocycles. The summed E-state index contributed by atoms with van der Waals surface area (Å²) in [6.07, 6.45) is 0.676. The Hall–Kier alpha value is -3.23. The highest BCUT2D eigenvalue weighted by Gasteiger charge is 2.48. The highest BCUT2D eigenvalue weighted by molar-refractivity contribution is 7.17. The van der Waals surface area contributed by atoms with E-state index in [4.69, 9.17) is 10.5 Å². The van der Waals surface area contributed by atoms with E-state index in [0.29, 0.717) is 30.6 Å². The molecule has 0 spiro atoms. The lowest BCUT2D eigenvalue weighted by atomic mass is 10.0. The summed E-state index contributed by atoms with van der Waals surface area (Å²) >= 11 is 1.49. The molecule has 2 aliphatic heterocycles. The van der Waals surface area contributed by atoms with Gasteiger partial charge in [-0.15, -0.1) is 11.3 Å². The van der Waals surface area contributed by atoms with Gasteiger partial charge in [-0.1, -0.05) is 30.3 Å². The predicted octanol–water partition coefficient (Wildman–Crippen LogP) is 2.39. The van der Waals surface area contributed by atoms with E-state index in [1.54, 1.807) is 17.0 Å². The van der Waals surface area contributed by atoms with Crippen molar-refractivity contribution in [2.45, 2.75) is 31.0 Å². The molecular formula is C24H23N3O4S. The number of likely N-dealkylation sites (tertiary alicyclic amines) is 1. The first-order valence-corrected chi connectivity index (χ1v) is 11.5. The molecule has 2 aromatic carbocycles. The Morgan fingerprint density at radius 3 is 2.78 bits per heavy atom. The van der Waals surface area contributed by atoms with Crippen LogP contribution in [0.2, 0.25) is 0 Å². The SMILES string of the molecule is Nc1ccc(CC(NC(=O)c2csc3ccccc23)C(=O)N2CCC3OCC(=O)C32)cc1. The number of nitrogens with two attached hydrogens (primary N) is 1. The van der Waals surface area contributed by atoms with Crippen LogP contribution in [-0.4, -0.2) is 53.8 Å². The number of rotatable bonds is 5. The van der Waals surface area contributed by atoms with Gasteiger partial charge < -0.3 is 20.7 Å². The van der Waals surface area contributed by atoms with Crippen LogP contribution in [0.3, 0.4) is 0 Å². The summed E-state index contributed by atoms with van der Waals surface area (Å²) in [4.78, 5) is 40.7. The quantitative estimate of drug-likeness (QED) is 0.583. The van der Waals surface area contributed by atoms with Gasteiger partial charge in [0.05, 0.1) is 11.7 Å². The summed E-state index contributed by atoms with van der Waals surface area (Å²) in [5, 5.41) is 5.61. The lowest BCUT2D eigenvalue weighted by Crippen LogP contribution is -2.53. The molecule has 32 heavy (non-hydrogen) atoms. The summed E-state index contributed by atoms with van der Waals surface area (Å²) in [5.41, 5.74) is 7.83. The number of nitrogens with zero attached hydrogens (tertiary/aromatic N) is 1. The van der Waals surface area contributed by atoms with Gasteiger partial charge in [-0.3, -0.25) is 14.4 Å². The van der Waals surface area contributed by atoms with E-state index in [-0.39, 0.29) is 30.3 Å². The number of ether oxygens (including phenoxy) is 1. The molecule has 3 atom stereocenters. The number of benzene rings is 2. The predicted molar refractivity (Wildman–Crippen MR) is 123 cm³/mol. The minimum Gasteiger partial charge on any atom is -0.399 e. The fourth-order valence-corrected chi connectivity index (χ4v) is 5.46. The van der Waals surface area contributed by atoms with Crippen molar-refractivity contribution in [1.29, 1.82) is 0 Å². The highest BCUT2D eigenvalue weighted by Crippen LogP contribution is 2.29. The van der Waals surface area contributed by atoms with E-state index >= 15 is 0 Å². The van der Waals surface area contributed by atoms with Crippen molar-refractivity contribution >= 4 is 44.7 Å². The first-order valence-electron chi connectivity index (χ1n) is 10.6. The molecule has 5 rings (SSSR count). The molecule has 3 aromatic rings. The summed E-state index contributed by atoms with van der Waals surface area (Å²) in [5.74, 6) is -0.649. The van der Waals surface area contributed by atoms with Crippen molar-refractivity contribution in [3.05, 3.63) is 65.0 Å². The van der Waals surface area contributed by atoms with Gasteiger partial charge in [-0.25, -0.2) is 0 Å². The molecule has 3 unspecified atom stereocenters. The normalized spacial score (nSPS) is 21.0. The molecule has 2 saturated heterocycles. The Kier molecular flexibility index (Phi) is 5.40. The Bertz CT molecular complexity index is 1190. The van der Waals surface area contributed by atoms with Gasteiger partial charge >= 0.3 is 0 Å². The van der Waals surface area contributed by atoms with Crippen LogP contribution in [0.4, 0.5) is 5.69 Å². The van der Waals surface area contributed by atoms with Gasteiger partial charge in [-0.05, 0) is 30.2 Å². The minimum absolute atomic E-state index is 0.0367. The number of anilines is 1. The molecular weight excluding hydrogens is 426 g/mol. The summed E-state index contributed by atoms with van der Waals surface area (Å²) in [6.45, 7) is 0.477. The number of nitrogen functional groups attached to an aromatic ring is 1. The van der Waals surface area contributed by atoms with E-state index in [1.165, 1.54) is 11.3 Å². The lowest BCUT2D eigenvalue weighted by molar-refractivity contribution is -0.138. The topological polar surface area (TPSA) is 102 Å². The van der Waals surface area contributed by atoms with Crippen molar-refractivity contribution in [3.8, 4) is 0 Å². The van der Waals surface area contributed by atoms with Gasteiger partial charge in [0.15, 0.2) is 5.78 Å². The molecule has 2 fully saturated rings. The number of nitrogens with one attached hydrogen (secondary N) is 1. The van der Waals surface area contributed by atoms with Crippen LogP contribution in [0.5, 0.6) is 0 Å². The second-order valence-electron chi connectivity index (χ2n) is 8.20. The standard InChI is InChI=1S/C24H23N3O4S/c25-15-7-5-14(6-8-15)11-18(24(30)27-10-9-20-22(27)19(28)12-31-20)26-23(29)17-13-32-21-4-2-1-3-16(17)21/h1-8,13,18,20,22H,9-12,25H2,(H,26,29). The van der Waals surface area contributed by atoms with Gasteiger partial charge in [0.2, 0.25) is 5.91 Å². The molecule has 2 amide bonds. The lowest BCUT2D eigenvalue weighted by Gasteiger charge is -2.27. The van der Waals surface area contributed by atoms with Crippen LogP contribution >= 0.6 is 11.3 Å². The summed E-state index contributed by atoms with van der Waals surface area (Å²) < 4.78 is 6.54. The van der Waals surface area contributed by atoms with Crippen molar-refractivity contribution in [1.82, 2.24) is 10.2 Å². The zero-order chi connectivity index (χ0) is 22.2. The van der Waals surface area contributed by atoms with Crippen LogP contribution in [0.1, 0.15) is 22.3 Å². The first kappa shape index (κ1) is 20.7. The Labute approximate surface area is 189 Å².